The Labute approximate surface area is 164 Å². The molecule has 0 saturated heterocycles. The Morgan fingerprint density at radius 2 is 2.17 bits per heavy atom. The monoisotopic (exact) mass is 394 g/mol. The van der Waals surface area contributed by atoms with Crippen molar-refractivity contribution in [2.24, 2.45) is 7.05 Å². The van der Waals surface area contributed by atoms with Gasteiger partial charge < -0.3 is 14.3 Å². The minimum atomic E-state index is -2.77. The van der Waals surface area contributed by atoms with Gasteiger partial charge in [-0.1, -0.05) is 0 Å². The molecule has 146 valence electrons. The Hall–Kier alpha value is -3.67. The van der Waals surface area contributed by atoms with E-state index in [0.29, 0.717) is 53.6 Å². The van der Waals surface area contributed by atoms with Crippen LogP contribution in [0.1, 0.15) is 24.2 Å². The summed E-state index contributed by atoms with van der Waals surface area (Å²) in [7, 11) is 1.77. The van der Waals surface area contributed by atoms with Crippen molar-refractivity contribution in [1.82, 2.24) is 24.3 Å². The molecule has 1 aliphatic rings. The van der Waals surface area contributed by atoms with Crippen LogP contribution in [0.5, 0.6) is 5.88 Å². The number of aromatic nitrogens is 5. The number of H-pyrrole nitrogens is 1. The quantitative estimate of drug-likeness (QED) is 0.569. The Balaban J connectivity index is 1.89. The number of hydrogen-bond donors (Lipinski definition) is 1. The zero-order valence-corrected chi connectivity index (χ0v) is 15.5. The van der Waals surface area contributed by atoms with Gasteiger partial charge in [-0.15, -0.1) is 0 Å². The average Bonchev–Trinajstić information content (AvgIpc) is 3.39. The molecule has 1 N–H and O–H groups in total. The number of alkyl halides is 2. The minimum absolute atomic E-state index is 0.223. The molecule has 0 radical (unpaired) electrons. The fourth-order valence-electron chi connectivity index (χ4n) is 3.89. The van der Waals surface area contributed by atoms with Gasteiger partial charge in [0.2, 0.25) is 5.88 Å². The number of pyridine rings is 1. The maximum atomic E-state index is 13.9. The van der Waals surface area contributed by atoms with Gasteiger partial charge in [0.25, 0.3) is 6.43 Å². The Morgan fingerprint density at radius 1 is 1.31 bits per heavy atom. The topological polar surface area (TPSA) is 84.4 Å². The number of aryl methyl sites for hydroxylation is 2. The van der Waals surface area contributed by atoms with E-state index >= 15 is 0 Å². The molecule has 5 rings (SSSR count). The number of halogens is 2. The SMILES string of the molecule is Cn1ccc(-c2c(-c3c(C(F)F)nn4c3OCCC4)[nH]c3ncccc23)c1C#N. The standard InChI is InChI=1S/C20H16F2N6O/c1-27-8-5-11(13(27)10-23)14-12-4-2-6-24-19(12)25-16(14)15-17(18(21)22)26-28-7-3-9-29-20(15)28/h2,4-6,8,18H,3,7,9H2,1H3,(H,24,25). The number of nitrogens with zero attached hydrogens (tertiary/aromatic N) is 5. The molecule has 0 atom stereocenters. The van der Waals surface area contributed by atoms with Crippen molar-refractivity contribution in [2.45, 2.75) is 19.4 Å². The summed E-state index contributed by atoms with van der Waals surface area (Å²) in [5.74, 6) is 0.314. The highest BCUT2D eigenvalue weighted by atomic mass is 19.3. The number of aromatic amines is 1. The van der Waals surface area contributed by atoms with Gasteiger partial charge in [-0.2, -0.15) is 10.4 Å². The van der Waals surface area contributed by atoms with Crippen LogP contribution in [0.4, 0.5) is 8.78 Å². The normalized spacial score (nSPS) is 13.5. The van der Waals surface area contributed by atoms with Crippen molar-refractivity contribution in [1.29, 1.82) is 5.26 Å². The maximum absolute atomic E-state index is 13.9. The molecule has 5 heterocycles. The van der Waals surface area contributed by atoms with Crippen molar-refractivity contribution in [2.75, 3.05) is 6.61 Å². The summed E-state index contributed by atoms with van der Waals surface area (Å²) in [5, 5.41) is 14.5. The Bertz CT molecular complexity index is 1280. The molecular weight excluding hydrogens is 378 g/mol. The Kier molecular flexibility index (Phi) is 3.87. The van der Waals surface area contributed by atoms with Crippen LogP contribution in [0.3, 0.4) is 0 Å². The van der Waals surface area contributed by atoms with Crippen LogP contribution in [0.15, 0.2) is 30.6 Å². The van der Waals surface area contributed by atoms with E-state index in [1.807, 2.05) is 6.07 Å². The second-order valence-electron chi connectivity index (χ2n) is 6.87. The fraction of sp³-hybridized carbons (Fsp3) is 0.250. The first-order valence-corrected chi connectivity index (χ1v) is 9.14. The van der Waals surface area contributed by atoms with Gasteiger partial charge in [0.1, 0.15) is 23.1 Å². The number of hydrogen-bond acceptors (Lipinski definition) is 4. The third kappa shape index (κ3) is 2.52. The third-order valence-electron chi connectivity index (χ3n) is 5.16. The maximum Gasteiger partial charge on any atom is 0.282 e. The van der Waals surface area contributed by atoms with Crippen LogP contribution in [-0.4, -0.2) is 30.9 Å². The Morgan fingerprint density at radius 3 is 2.97 bits per heavy atom. The van der Waals surface area contributed by atoms with E-state index < -0.39 is 6.43 Å². The molecule has 29 heavy (non-hydrogen) atoms. The third-order valence-corrected chi connectivity index (χ3v) is 5.16. The summed E-state index contributed by atoms with van der Waals surface area (Å²) in [6, 6.07) is 7.63. The summed E-state index contributed by atoms with van der Waals surface area (Å²) in [6.07, 6.45) is 1.32. The molecule has 4 aromatic heterocycles. The fourth-order valence-corrected chi connectivity index (χ4v) is 3.89. The minimum Gasteiger partial charge on any atom is -0.477 e. The lowest BCUT2D eigenvalue weighted by Crippen LogP contribution is -2.15. The van der Waals surface area contributed by atoms with Crippen molar-refractivity contribution < 1.29 is 13.5 Å². The average molecular weight is 394 g/mol. The summed E-state index contributed by atoms with van der Waals surface area (Å²) < 4.78 is 36.8. The van der Waals surface area contributed by atoms with Gasteiger partial charge in [0, 0.05) is 48.9 Å². The molecular formula is C20H16F2N6O. The number of nitrogens with one attached hydrogen (secondary N) is 1. The lowest BCUT2D eigenvalue weighted by Gasteiger charge is -2.16. The lowest BCUT2D eigenvalue weighted by atomic mass is 9.99. The summed E-state index contributed by atoms with van der Waals surface area (Å²) >= 11 is 0. The van der Waals surface area contributed by atoms with Crippen LogP contribution >= 0.6 is 0 Å². The van der Waals surface area contributed by atoms with Gasteiger partial charge in [-0.05, 0) is 18.2 Å². The number of ether oxygens (including phenoxy) is 1. The van der Waals surface area contributed by atoms with Gasteiger partial charge in [-0.3, -0.25) is 0 Å². The molecule has 0 aromatic carbocycles. The molecule has 0 amide bonds. The molecule has 7 nitrogen and oxygen atoms in total. The molecule has 0 unspecified atom stereocenters. The second-order valence-corrected chi connectivity index (χ2v) is 6.87. The van der Waals surface area contributed by atoms with Crippen LogP contribution < -0.4 is 4.74 Å². The second kappa shape index (κ2) is 6.44. The highest BCUT2D eigenvalue weighted by Crippen LogP contribution is 2.46. The van der Waals surface area contributed by atoms with E-state index in [0.717, 1.165) is 5.39 Å². The van der Waals surface area contributed by atoms with Crippen LogP contribution in [0, 0.1) is 11.3 Å². The predicted molar refractivity (Wildman–Crippen MR) is 102 cm³/mol. The highest BCUT2D eigenvalue weighted by Gasteiger charge is 2.32. The van der Waals surface area contributed by atoms with Crippen molar-refractivity contribution >= 4 is 11.0 Å². The van der Waals surface area contributed by atoms with Gasteiger partial charge in [0.05, 0.1) is 17.9 Å². The molecule has 0 bridgehead atoms. The van der Waals surface area contributed by atoms with Crippen molar-refractivity contribution in [3.63, 3.8) is 0 Å². The van der Waals surface area contributed by atoms with Crippen LogP contribution in [0.2, 0.25) is 0 Å². The zero-order chi connectivity index (χ0) is 20.1. The molecule has 0 saturated carbocycles. The predicted octanol–water partition coefficient (Wildman–Crippen LogP) is 4.02. The molecule has 1 aliphatic heterocycles. The molecule has 0 spiro atoms. The van der Waals surface area contributed by atoms with Crippen LogP contribution in [-0.2, 0) is 13.6 Å². The van der Waals surface area contributed by atoms with Crippen molar-refractivity contribution in [3.8, 4) is 34.3 Å². The number of fused-ring (bicyclic) bond motifs is 2. The van der Waals surface area contributed by atoms with E-state index in [-0.39, 0.29) is 11.3 Å². The van der Waals surface area contributed by atoms with E-state index in [1.54, 1.807) is 36.1 Å². The number of nitriles is 1. The van der Waals surface area contributed by atoms with E-state index in [2.05, 4.69) is 21.1 Å². The smallest absolute Gasteiger partial charge is 0.282 e. The summed E-state index contributed by atoms with van der Waals surface area (Å²) in [4.78, 5) is 7.52. The van der Waals surface area contributed by atoms with Gasteiger partial charge in [0.15, 0.2) is 0 Å². The first-order chi connectivity index (χ1) is 14.1. The first-order valence-electron chi connectivity index (χ1n) is 9.14. The summed E-state index contributed by atoms with van der Waals surface area (Å²) in [6.45, 7) is 0.946. The van der Waals surface area contributed by atoms with E-state index in [4.69, 9.17) is 4.74 Å². The molecule has 0 aliphatic carbocycles. The first kappa shape index (κ1) is 17.4. The lowest BCUT2D eigenvalue weighted by molar-refractivity contribution is 0.145. The van der Waals surface area contributed by atoms with E-state index in [9.17, 15) is 14.0 Å². The molecule has 4 aromatic rings. The van der Waals surface area contributed by atoms with Crippen LogP contribution in [0.25, 0.3) is 33.4 Å². The zero-order valence-electron chi connectivity index (χ0n) is 15.5. The summed E-state index contributed by atoms with van der Waals surface area (Å²) in [5.41, 5.74) is 2.56. The van der Waals surface area contributed by atoms with Gasteiger partial charge in [-0.25, -0.2) is 18.4 Å². The molecule has 0 fully saturated rings. The molecule has 9 heteroatoms. The van der Waals surface area contributed by atoms with Crippen molar-refractivity contribution in [3.05, 3.63) is 42.0 Å². The van der Waals surface area contributed by atoms with E-state index in [1.165, 1.54) is 4.68 Å². The van der Waals surface area contributed by atoms with Gasteiger partial charge >= 0.3 is 0 Å². The number of rotatable bonds is 3. The largest absolute Gasteiger partial charge is 0.477 e. The highest BCUT2D eigenvalue weighted by molar-refractivity contribution is 6.04.